The van der Waals surface area contributed by atoms with Crippen molar-refractivity contribution in [3.05, 3.63) is 69.5 Å². The normalized spacial score (nSPS) is 12.9. The molecule has 2 aromatic carbocycles. The highest BCUT2D eigenvalue weighted by Gasteiger charge is 2.31. The first kappa shape index (κ1) is 28.7. The summed E-state index contributed by atoms with van der Waals surface area (Å²) in [6.07, 6.45) is 1.56. The number of sulfonamides is 1. The third kappa shape index (κ3) is 7.48. The SMILES string of the molecule is CC[C@@H](C)NC(=O)[C@H](C)N(Cc1ccc(F)cc1)C(=O)CN(c1cc([N+](=O)[O-])ccc1C)S(C)(=O)=O. The van der Waals surface area contributed by atoms with Crippen molar-refractivity contribution >= 4 is 33.2 Å². The Kier molecular flexibility index (Phi) is 9.51. The molecule has 0 aliphatic rings. The Morgan fingerprint density at radius 1 is 1.14 bits per heavy atom. The zero-order valence-corrected chi connectivity index (χ0v) is 21.7. The number of carbonyl (C=O) groups excluding carboxylic acids is 2. The van der Waals surface area contributed by atoms with Crippen molar-refractivity contribution in [2.45, 2.75) is 52.7 Å². The summed E-state index contributed by atoms with van der Waals surface area (Å²) in [7, 11) is -4.05. The summed E-state index contributed by atoms with van der Waals surface area (Å²) < 4.78 is 39.5. The number of aryl methyl sites for hydroxylation is 1. The van der Waals surface area contributed by atoms with Crippen LogP contribution in [0.25, 0.3) is 0 Å². The molecule has 0 saturated carbocycles. The summed E-state index contributed by atoms with van der Waals surface area (Å²) in [5.74, 6) is -1.61. The molecule has 0 heterocycles. The molecule has 0 aromatic heterocycles. The molecule has 0 spiro atoms. The van der Waals surface area contributed by atoms with Gasteiger partial charge in [0.2, 0.25) is 21.8 Å². The molecule has 2 rings (SSSR count). The van der Waals surface area contributed by atoms with Crippen LogP contribution in [0.15, 0.2) is 42.5 Å². The van der Waals surface area contributed by atoms with Gasteiger partial charge in [0.25, 0.3) is 5.69 Å². The van der Waals surface area contributed by atoms with Gasteiger partial charge in [0.05, 0.1) is 16.9 Å². The highest BCUT2D eigenvalue weighted by molar-refractivity contribution is 7.92. The Labute approximate surface area is 210 Å². The van der Waals surface area contributed by atoms with Crippen LogP contribution in [0.1, 0.15) is 38.3 Å². The van der Waals surface area contributed by atoms with Crippen molar-refractivity contribution < 1.29 is 27.3 Å². The lowest BCUT2D eigenvalue weighted by Gasteiger charge is -2.32. The van der Waals surface area contributed by atoms with Gasteiger partial charge in [-0.2, -0.15) is 0 Å². The minimum Gasteiger partial charge on any atom is -0.352 e. The highest BCUT2D eigenvalue weighted by Crippen LogP contribution is 2.28. The number of nitro groups is 1. The van der Waals surface area contributed by atoms with Crippen molar-refractivity contribution in [1.82, 2.24) is 10.2 Å². The molecule has 0 aliphatic heterocycles. The second kappa shape index (κ2) is 11.9. The standard InChI is InChI=1S/C24H31FN4O6S/c1-6-17(3)26-24(31)18(4)27(14-19-8-10-20(25)11-9-19)23(30)15-28(36(5,34)35)22-13-21(29(32)33)12-7-16(22)2/h7-13,17-18H,6,14-15H2,1-5H3,(H,26,31)/t17-,18+/m1/s1. The van der Waals surface area contributed by atoms with Gasteiger partial charge in [0, 0.05) is 24.7 Å². The van der Waals surface area contributed by atoms with Crippen LogP contribution in [0.3, 0.4) is 0 Å². The minimum atomic E-state index is -4.05. The summed E-state index contributed by atoms with van der Waals surface area (Å²) in [6.45, 7) is 6.01. The number of non-ortho nitro benzene ring substituents is 1. The fraction of sp³-hybridized carbons (Fsp3) is 0.417. The predicted octanol–water partition coefficient (Wildman–Crippen LogP) is 3.14. The molecular weight excluding hydrogens is 491 g/mol. The quantitative estimate of drug-likeness (QED) is 0.356. The fourth-order valence-electron chi connectivity index (χ4n) is 3.41. The van der Waals surface area contributed by atoms with Crippen LogP contribution in [-0.2, 0) is 26.2 Å². The van der Waals surface area contributed by atoms with Gasteiger partial charge in [0.1, 0.15) is 18.4 Å². The Morgan fingerprint density at radius 3 is 2.28 bits per heavy atom. The van der Waals surface area contributed by atoms with E-state index in [-0.39, 0.29) is 24.0 Å². The van der Waals surface area contributed by atoms with Gasteiger partial charge in [-0.15, -0.1) is 0 Å². The van der Waals surface area contributed by atoms with Gasteiger partial charge < -0.3 is 10.2 Å². The van der Waals surface area contributed by atoms with E-state index in [1.54, 1.807) is 6.92 Å². The van der Waals surface area contributed by atoms with Gasteiger partial charge in [-0.25, -0.2) is 12.8 Å². The number of hydrogen-bond donors (Lipinski definition) is 1. The second-order valence-corrected chi connectivity index (χ2v) is 10.5. The molecule has 12 heteroatoms. The number of anilines is 1. The maximum absolute atomic E-state index is 13.5. The maximum Gasteiger partial charge on any atom is 0.271 e. The summed E-state index contributed by atoms with van der Waals surface area (Å²) >= 11 is 0. The molecule has 2 atom stereocenters. The summed E-state index contributed by atoms with van der Waals surface area (Å²) in [4.78, 5) is 38.2. The number of hydrogen-bond acceptors (Lipinski definition) is 6. The lowest BCUT2D eigenvalue weighted by molar-refractivity contribution is -0.384. The Hall–Kier alpha value is -3.54. The molecular formula is C24H31FN4O6S. The van der Waals surface area contributed by atoms with E-state index in [1.807, 2.05) is 13.8 Å². The van der Waals surface area contributed by atoms with Crippen molar-refractivity contribution in [1.29, 1.82) is 0 Å². The number of rotatable bonds is 11. The van der Waals surface area contributed by atoms with Crippen LogP contribution < -0.4 is 9.62 Å². The van der Waals surface area contributed by atoms with E-state index in [1.165, 1.54) is 48.2 Å². The Balaban J connectivity index is 2.47. The fourth-order valence-corrected chi connectivity index (χ4v) is 4.31. The molecule has 10 nitrogen and oxygen atoms in total. The lowest BCUT2D eigenvalue weighted by Crippen LogP contribution is -2.52. The van der Waals surface area contributed by atoms with Crippen LogP contribution >= 0.6 is 0 Å². The van der Waals surface area contributed by atoms with E-state index in [9.17, 15) is 32.5 Å². The van der Waals surface area contributed by atoms with Gasteiger partial charge in [-0.3, -0.25) is 24.0 Å². The molecule has 196 valence electrons. The number of amides is 2. The van der Waals surface area contributed by atoms with Crippen LogP contribution in [0.4, 0.5) is 15.8 Å². The first-order valence-electron chi connectivity index (χ1n) is 11.3. The molecule has 0 aliphatic carbocycles. The minimum absolute atomic E-state index is 0.0153. The number of halogens is 1. The maximum atomic E-state index is 13.5. The first-order valence-corrected chi connectivity index (χ1v) is 13.2. The van der Waals surface area contributed by atoms with Crippen LogP contribution in [-0.4, -0.2) is 54.9 Å². The predicted molar refractivity (Wildman–Crippen MR) is 134 cm³/mol. The van der Waals surface area contributed by atoms with E-state index in [4.69, 9.17) is 0 Å². The molecule has 0 fully saturated rings. The molecule has 36 heavy (non-hydrogen) atoms. The van der Waals surface area contributed by atoms with Crippen LogP contribution in [0.2, 0.25) is 0 Å². The molecule has 2 amide bonds. The molecule has 2 aromatic rings. The van der Waals surface area contributed by atoms with E-state index < -0.39 is 45.2 Å². The number of carbonyl (C=O) groups is 2. The highest BCUT2D eigenvalue weighted by atomic mass is 32.2. The summed E-state index contributed by atoms with van der Waals surface area (Å²) in [6, 6.07) is 7.97. The first-order chi connectivity index (χ1) is 16.7. The van der Waals surface area contributed by atoms with Crippen molar-refractivity contribution in [2.75, 3.05) is 17.1 Å². The van der Waals surface area contributed by atoms with Crippen LogP contribution in [0, 0.1) is 22.9 Å². The molecule has 0 unspecified atom stereocenters. The average Bonchev–Trinajstić information content (AvgIpc) is 2.81. The zero-order valence-electron chi connectivity index (χ0n) is 20.9. The van der Waals surface area contributed by atoms with Crippen molar-refractivity contribution in [3.8, 4) is 0 Å². The summed E-state index contributed by atoms with van der Waals surface area (Å²) in [5.41, 5.74) is 0.594. The van der Waals surface area contributed by atoms with Crippen LogP contribution in [0.5, 0.6) is 0 Å². The van der Waals surface area contributed by atoms with E-state index in [2.05, 4.69) is 5.32 Å². The van der Waals surface area contributed by atoms with E-state index in [0.717, 1.165) is 16.6 Å². The van der Waals surface area contributed by atoms with Gasteiger partial charge >= 0.3 is 0 Å². The molecule has 0 saturated heterocycles. The Bertz CT molecular complexity index is 1220. The third-order valence-corrected chi connectivity index (χ3v) is 6.91. The number of nitrogens with zero attached hydrogens (tertiary/aromatic N) is 3. The third-order valence-electron chi connectivity index (χ3n) is 5.79. The van der Waals surface area contributed by atoms with Gasteiger partial charge in [0.15, 0.2) is 0 Å². The number of benzene rings is 2. The lowest BCUT2D eigenvalue weighted by atomic mass is 10.1. The molecule has 0 bridgehead atoms. The number of nitro benzene ring substituents is 1. The monoisotopic (exact) mass is 522 g/mol. The van der Waals surface area contributed by atoms with Gasteiger partial charge in [-0.1, -0.05) is 25.1 Å². The van der Waals surface area contributed by atoms with Crippen molar-refractivity contribution in [2.24, 2.45) is 0 Å². The van der Waals surface area contributed by atoms with E-state index >= 15 is 0 Å². The van der Waals surface area contributed by atoms with E-state index in [0.29, 0.717) is 17.5 Å². The Morgan fingerprint density at radius 2 is 1.75 bits per heavy atom. The largest absolute Gasteiger partial charge is 0.352 e. The van der Waals surface area contributed by atoms with Gasteiger partial charge in [-0.05, 0) is 50.5 Å². The average molecular weight is 523 g/mol. The topological polar surface area (TPSA) is 130 Å². The molecule has 0 radical (unpaired) electrons. The molecule has 1 N–H and O–H groups in total. The second-order valence-electron chi connectivity index (χ2n) is 8.64. The smallest absolute Gasteiger partial charge is 0.271 e. The summed E-state index contributed by atoms with van der Waals surface area (Å²) in [5, 5.41) is 14.1. The number of nitrogens with one attached hydrogen (secondary N) is 1. The zero-order chi connectivity index (χ0) is 27.2. The van der Waals surface area contributed by atoms with Crippen molar-refractivity contribution in [3.63, 3.8) is 0 Å².